The van der Waals surface area contributed by atoms with Crippen molar-refractivity contribution >= 4 is 69.0 Å². The summed E-state index contributed by atoms with van der Waals surface area (Å²) in [4.78, 5) is 33.4. The molecule has 10 heteroatoms. The lowest BCUT2D eigenvalue weighted by Crippen LogP contribution is -2.15. The molecule has 1 amide bonds. The quantitative estimate of drug-likeness (QED) is 0.220. The monoisotopic (exact) mass is 486 g/mol. The average Bonchev–Trinajstić information content (AvgIpc) is 3.09. The van der Waals surface area contributed by atoms with Crippen molar-refractivity contribution in [2.75, 3.05) is 17.3 Å². The maximum atomic E-state index is 12.6. The van der Waals surface area contributed by atoms with Gasteiger partial charge in [0.1, 0.15) is 4.70 Å². The summed E-state index contributed by atoms with van der Waals surface area (Å²) < 4.78 is 2.81. The third kappa shape index (κ3) is 4.93. The molecule has 2 aromatic carbocycles. The number of amides is 1. The molecule has 2 aromatic heterocycles. The van der Waals surface area contributed by atoms with Gasteiger partial charge in [0, 0.05) is 16.3 Å². The van der Waals surface area contributed by atoms with Gasteiger partial charge >= 0.3 is 0 Å². The summed E-state index contributed by atoms with van der Waals surface area (Å²) in [6.07, 6.45) is 1.98. The number of hydrogen-bond acceptors (Lipinski definition) is 7. The first kappa shape index (κ1) is 21.8. The van der Waals surface area contributed by atoms with Crippen molar-refractivity contribution in [2.24, 2.45) is 0 Å². The molecule has 0 saturated heterocycles. The van der Waals surface area contributed by atoms with Crippen LogP contribution in [-0.4, -0.2) is 32.5 Å². The van der Waals surface area contributed by atoms with E-state index in [1.165, 1.54) is 23.1 Å². The summed E-state index contributed by atoms with van der Waals surface area (Å²) in [5.74, 6) is -0.0560. The number of thioether (sulfide) groups is 2. The fourth-order valence-electron chi connectivity index (χ4n) is 2.91. The zero-order valence-corrected chi connectivity index (χ0v) is 19.9. The van der Waals surface area contributed by atoms with Crippen LogP contribution in [0.2, 0.25) is 0 Å². The first-order valence-corrected chi connectivity index (χ1v) is 12.7. The van der Waals surface area contributed by atoms with E-state index in [1.807, 2.05) is 61.7 Å². The molecule has 0 atom stereocenters. The maximum absolute atomic E-state index is 12.6. The van der Waals surface area contributed by atoms with Crippen LogP contribution in [0.1, 0.15) is 5.56 Å². The predicted molar refractivity (Wildman–Crippen MR) is 133 cm³/mol. The molecule has 0 aliphatic heterocycles. The van der Waals surface area contributed by atoms with Gasteiger partial charge in [-0.15, -0.1) is 11.8 Å². The number of carbonyl (C=O) groups is 1. The van der Waals surface area contributed by atoms with Crippen molar-refractivity contribution in [3.8, 4) is 5.69 Å². The first-order chi connectivity index (χ1) is 14.9. The number of aryl methyl sites for hydroxylation is 1. The van der Waals surface area contributed by atoms with Crippen LogP contribution in [0, 0.1) is 10.9 Å². The number of rotatable bonds is 6. The van der Waals surface area contributed by atoms with Crippen LogP contribution in [0.15, 0.2) is 63.4 Å². The van der Waals surface area contributed by atoms with Crippen LogP contribution in [0.25, 0.3) is 16.0 Å². The largest absolute Gasteiger partial charge is 0.325 e. The lowest BCUT2D eigenvalue weighted by atomic mass is 10.2. The summed E-state index contributed by atoms with van der Waals surface area (Å²) >= 11 is 9.49. The third-order valence-corrected chi connectivity index (χ3v) is 7.37. The summed E-state index contributed by atoms with van der Waals surface area (Å²) in [6.45, 7) is 2.01. The summed E-state index contributed by atoms with van der Waals surface area (Å²) in [5, 5.41) is 3.25. The zero-order chi connectivity index (χ0) is 22.0. The molecular formula is C21H18N4O2S4. The van der Waals surface area contributed by atoms with Crippen molar-refractivity contribution in [1.29, 1.82) is 0 Å². The van der Waals surface area contributed by atoms with Crippen LogP contribution in [0.3, 0.4) is 0 Å². The van der Waals surface area contributed by atoms with E-state index in [1.54, 1.807) is 16.3 Å². The minimum atomic E-state index is -0.262. The van der Waals surface area contributed by atoms with Crippen LogP contribution in [0.5, 0.6) is 0 Å². The molecule has 0 aliphatic carbocycles. The van der Waals surface area contributed by atoms with Gasteiger partial charge in [0.15, 0.2) is 14.8 Å². The minimum absolute atomic E-state index is 0.118. The SMILES string of the molecule is CSc1cccc(NC(=O)CSc2nc3c(sc(=S)n3-c3ccc(C)cc3)c(=O)[nH]2)c1. The molecule has 158 valence electrons. The number of fused-ring (bicyclic) bond motifs is 1. The third-order valence-electron chi connectivity index (χ3n) is 4.41. The number of nitrogens with one attached hydrogen (secondary N) is 2. The van der Waals surface area contributed by atoms with E-state index in [0.717, 1.165) is 21.8 Å². The maximum Gasteiger partial charge on any atom is 0.271 e. The predicted octanol–water partition coefficient (Wildman–Crippen LogP) is 5.27. The topological polar surface area (TPSA) is 79.8 Å². The molecule has 4 aromatic rings. The van der Waals surface area contributed by atoms with Gasteiger partial charge in [-0.3, -0.25) is 14.2 Å². The summed E-state index contributed by atoms with van der Waals surface area (Å²) in [5.41, 5.74) is 2.95. The Hall–Kier alpha value is -2.40. The lowest BCUT2D eigenvalue weighted by molar-refractivity contribution is -0.113. The molecule has 2 N–H and O–H groups in total. The fourth-order valence-corrected chi connectivity index (χ4v) is 5.30. The van der Waals surface area contributed by atoms with E-state index in [4.69, 9.17) is 12.2 Å². The van der Waals surface area contributed by atoms with E-state index < -0.39 is 0 Å². The normalized spacial score (nSPS) is 11.0. The number of thiazole rings is 1. The summed E-state index contributed by atoms with van der Waals surface area (Å²) in [6, 6.07) is 15.5. The molecule has 31 heavy (non-hydrogen) atoms. The highest BCUT2D eigenvalue weighted by molar-refractivity contribution is 7.99. The summed E-state index contributed by atoms with van der Waals surface area (Å²) in [7, 11) is 0. The van der Waals surface area contributed by atoms with E-state index in [2.05, 4.69) is 15.3 Å². The highest BCUT2D eigenvalue weighted by Crippen LogP contribution is 2.25. The Morgan fingerprint density at radius 1 is 1.26 bits per heavy atom. The average molecular weight is 487 g/mol. The smallest absolute Gasteiger partial charge is 0.271 e. The van der Waals surface area contributed by atoms with Gasteiger partial charge in [-0.2, -0.15) is 0 Å². The standard InChI is InChI=1S/C21H18N4O2S4/c1-12-6-8-14(9-7-12)25-18-17(31-21(25)28)19(27)24-20(23-18)30-11-16(26)22-13-4-3-5-15(10-13)29-2/h3-10H,11H2,1-2H3,(H,22,26)(H,23,24,27). The van der Waals surface area contributed by atoms with Crippen molar-refractivity contribution in [3.05, 3.63) is 68.4 Å². The van der Waals surface area contributed by atoms with Gasteiger partial charge in [-0.05, 0) is 55.7 Å². The van der Waals surface area contributed by atoms with Crippen molar-refractivity contribution in [1.82, 2.24) is 14.5 Å². The molecular weight excluding hydrogens is 469 g/mol. The van der Waals surface area contributed by atoms with Crippen molar-refractivity contribution < 1.29 is 4.79 Å². The molecule has 0 aliphatic rings. The van der Waals surface area contributed by atoms with Gasteiger partial charge < -0.3 is 10.3 Å². The van der Waals surface area contributed by atoms with Gasteiger partial charge in [0.25, 0.3) is 5.56 Å². The Morgan fingerprint density at radius 2 is 2.03 bits per heavy atom. The Bertz CT molecular complexity index is 1370. The Morgan fingerprint density at radius 3 is 2.77 bits per heavy atom. The first-order valence-electron chi connectivity index (χ1n) is 9.24. The molecule has 0 spiro atoms. The van der Waals surface area contributed by atoms with Crippen LogP contribution in [0.4, 0.5) is 5.69 Å². The Labute approximate surface area is 196 Å². The second-order valence-corrected chi connectivity index (χ2v) is 10.1. The van der Waals surface area contributed by atoms with Crippen molar-refractivity contribution in [3.63, 3.8) is 0 Å². The molecule has 0 bridgehead atoms. The van der Waals surface area contributed by atoms with Gasteiger partial charge in [0.2, 0.25) is 5.91 Å². The Balaban J connectivity index is 1.57. The number of aromatic amines is 1. The van der Waals surface area contributed by atoms with E-state index in [0.29, 0.717) is 19.5 Å². The zero-order valence-electron chi connectivity index (χ0n) is 16.7. The van der Waals surface area contributed by atoms with E-state index in [-0.39, 0.29) is 17.2 Å². The molecule has 6 nitrogen and oxygen atoms in total. The molecule has 2 heterocycles. The molecule has 0 unspecified atom stereocenters. The molecule has 0 radical (unpaired) electrons. The number of benzene rings is 2. The molecule has 0 fully saturated rings. The number of aromatic nitrogens is 3. The number of anilines is 1. The minimum Gasteiger partial charge on any atom is -0.325 e. The number of carbonyl (C=O) groups excluding carboxylic acids is 1. The highest BCUT2D eigenvalue weighted by Gasteiger charge is 2.15. The Kier molecular flexibility index (Phi) is 6.61. The van der Waals surface area contributed by atoms with E-state index >= 15 is 0 Å². The highest BCUT2D eigenvalue weighted by atomic mass is 32.2. The van der Waals surface area contributed by atoms with Crippen LogP contribution >= 0.6 is 47.1 Å². The lowest BCUT2D eigenvalue weighted by Gasteiger charge is -2.07. The van der Waals surface area contributed by atoms with Crippen LogP contribution < -0.4 is 10.9 Å². The number of H-pyrrole nitrogens is 1. The number of nitrogens with zero attached hydrogens (tertiary/aromatic N) is 2. The van der Waals surface area contributed by atoms with Gasteiger partial charge in [-0.25, -0.2) is 4.98 Å². The van der Waals surface area contributed by atoms with Crippen molar-refractivity contribution in [2.45, 2.75) is 17.0 Å². The molecule has 4 rings (SSSR count). The second kappa shape index (κ2) is 9.39. The van der Waals surface area contributed by atoms with E-state index in [9.17, 15) is 9.59 Å². The second-order valence-electron chi connectivity index (χ2n) is 6.63. The number of hydrogen-bond donors (Lipinski definition) is 2. The van der Waals surface area contributed by atoms with Gasteiger partial charge in [-0.1, -0.05) is 46.9 Å². The van der Waals surface area contributed by atoms with Gasteiger partial charge in [0.05, 0.1) is 5.75 Å². The fraction of sp³-hybridized carbons (Fsp3) is 0.143. The molecule has 0 saturated carbocycles. The van der Waals surface area contributed by atoms with Crippen LogP contribution in [-0.2, 0) is 4.79 Å².